The highest BCUT2D eigenvalue weighted by Crippen LogP contribution is 2.19. The first-order valence-electron chi connectivity index (χ1n) is 4.01. The Balaban J connectivity index is 4.68. The first-order valence-corrected chi connectivity index (χ1v) is 5.74. The average Bonchev–Trinajstić information content (AvgIpc) is 2.14. The lowest BCUT2D eigenvalue weighted by atomic mass is 10.4. The van der Waals surface area contributed by atoms with Crippen LogP contribution in [0.5, 0.6) is 0 Å². The average molecular weight is 190 g/mol. The molecule has 0 saturated heterocycles. The minimum atomic E-state index is -2.49. The third kappa shape index (κ3) is 2.16. The normalized spacial score (nSPS) is 13.6. The molecule has 0 spiro atoms. The van der Waals surface area contributed by atoms with E-state index >= 15 is 0 Å². The van der Waals surface area contributed by atoms with Crippen molar-refractivity contribution < 1.29 is 13.3 Å². The van der Waals surface area contributed by atoms with E-state index in [2.05, 4.69) is 6.92 Å². The zero-order valence-corrected chi connectivity index (χ0v) is 9.51. The molecule has 0 aliphatic rings. The van der Waals surface area contributed by atoms with E-state index < -0.39 is 8.80 Å². The SMILES string of the molecule is CC=C(CC)[Si](OC)(OC)OC. The minimum Gasteiger partial charge on any atom is -0.374 e. The molecule has 0 aromatic heterocycles. The molecule has 0 aliphatic heterocycles. The zero-order chi connectivity index (χ0) is 9.61. The van der Waals surface area contributed by atoms with Gasteiger partial charge < -0.3 is 13.3 Å². The van der Waals surface area contributed by atoms with Gasteiger partial charge in [-0.3, -0.25) is 0 Å². The van der Waals surface area contributed by atoms with Gasteiger partial charge >= 0.3 is 8.80 Å². The molecule has 0 radical (unpaired) electrons. The summed E-state index contributed by atoms with van der Waals surface area (Å²) in [6, 6.07) is 0. The summed E-state index contributed by atoms with van der Waals surface area (Å²) in [4.78, 5) is 0. The fourth-order valence-electron chi connectivity index (χ4n) is 1.24. The van der Waals surface area contributed by atoms with E-state index in [1.807, 2.05) is 13.0 Å². The van der Waals surface area contributed by atoms with Gasteiger partial charge in [-0.2, -0.15) is 0 Å². The van der Waals surface area contributed by atoms with Crippen LogP contribution in [0.4, 0.5) is 0 Å². The second-order valence-corrected chi connectivity index (χ2v) is 5.32. The van der Waals surface area contributed by atoms with Crippen LogP contribution in [0.15, 0.2) is 11.3 Å². The van der Waals surface area contributed by atoms with Crippen molar-refractivity contribution in [3.05, 3.63) is 11.3 Å². The summed E-state index contributed by atoms with van der Waals surface area (Å²) in [5, 5.41) is 1.12. The van der Waals surface area contributed by atoms with Crippen LogP contribution in [0.1, 0.15) is 20.3 Å². The van der Waals surface area contributed by atoms with E-state index in [9.17, 15) is 0 Å². The molecular formula is C8H18O3Si. The van der Waals surface area contributed by atoms with Gasteiger partial charge in [-0.25, -0.2) is 0 Å². The van der Waals surface area contributed by atoms with Crippen LogP contribution >= 0.6 is 0 Å². The molecule has 0 saturated carbocycles. The van der Waals surface area contributed by atoms with E-state index in [0.717, 1.165) is 11.6 Å². The molecule has 0 rings (SSSR count). The smallest absolute Gasteiger partial charge is 0.374 e. The van der Waals surface area contributed by atoms with Crippen LogP contribution in [-0.2, 0) is 13.3 Å². The molecular weight excluding hydrogens is 172 g/mol. The lowest BCUT2D eigenvalue weighted by Gasteiger charge is -2.26. The predicted octanol–water partition coefficient (Wildman–Crippen LogP) is 1.76. The summed E-state index contributed by atoms with van der Waals surface area (Å²) in [6.07, 6.45) is 2.90. The van der Waals surface area contributed by atoms with Gasteiger partial charge in [0, 0.05) is 21.3 Å². The second kappa shape index (κ2) is 5.48. The highest BCUT2D eigenvalue weighted by Gasteiger charge is 2.41. The van der Waals surface area contributed by atoms with E-state index in [-0.39, 0.29) is 0 Å². The lowest BCUT2D eigenvalue weighted by molar-refractivity contribution is 0.133. The number of hydrogen-bond donors (Lipinski definition) is 0. The zero-order valence-electron chi connectivity index (χ0n) is 8.51. The Labute approximate surface area is 75.7 Å². The highest BCUT2D eigenvalue weighted by molar-refractivity contribution is 6.68. The van der Waals surface area contributed by atoms with Crippen molar-refractivity contribution in [2.75, 3.05) is 21.3 Å². The summed E-state index contributed by atoms with van der Waals surface area (Å²) in [5.41, 5.74) is 0. The van der Waals surface area contributed by atoms with Crippen LogP contribution in [0.2, 0.25) is 0 Å². The molecule has 0 atom stereocenters. The molecule has 0 aliphatic carbocycles. The Morgan fingerprint density at radius 3 is 1.67 bits per heavy atom. The Hall–Kier alpha value is -0.163. The van der Waals surface area contributed by atoms with Crippen molar-refractivity contribution >= 4 is 8.80 Å². The molecule has 4 heteroatoms. The predicted molar refractivity (Wildman–Crippen MR) is 50.8 cm³/mol. The topological polar surface area (TPSA) is 27.7 Å². The molecule has 0 amide bonds. The van der Waals surface area contributed by atoms with Gasteiger partial charge in [-0.05, 0) is 18.5 Å². The Morgan fingerprint density at radius 1 is 1.17 bits per heavy atom. The molecule has 0 fully saturated rings. The van der Waals surface area contributed by atoms with Gasteiger partial charge in [0.1, 0.15) is 0 Å². The van der Waals surface area contributed by atoms with Crippen molar-refractivity contribution in [2.45, 2.75) is 20.3 Å². The molecule has 0 N–H and O–H groups in total. The summed E-state index contributed by atoms with van der Waals surface area (Å²) < 4.78 is 15.9. The Morgan fingerprint density at radius 2 is 1.58 bits per heavy atom. The van der Waals surface area contributed by atoms with Crippen molar-refractivity contribution in [1.82, 2.24) is 0 Å². The largest absolute Gasteiger partial charge is 0.531 e. The third-order valence-electron chi connectivity index (χ3n) is 1.93. The summed E-state index contributed by atoms with van der Waals surface area (Å²) in [5.74, 6) is 0. The number of allylic oxidation sites excluding steroid dienone is 2. The summed E-state index contributed by atoms with van der Waals surface area (Å²) in [6.45, 7) is 4.03. The van der Waals surface area contributed by atoms with Gasteiger partial charge in [0.25, 0.3) is 0 Å². The second-order valence-electron chi connectivity index (χ2n) is 2.34. The molecule has 0 bridgehead atoms. The van der Waals surface area contributed by atoms with Crippen molar-refractivity contribution in [3.8, 4) is 0 Å². The molecule has 0 aromatic carbocycles. The summed E-state index contributed by atoms with van der Waals surface area (Å²) in [7, 11) is 2.38. The highest BCUT2D eigenvalue weighted by atomic mass is 28.4. The van der Waals surface area contributed by atoms with E-state index in [1.165, 1.54) is 0 Å². The fourth-order valence-corrected chi connectivity index (χ4v) is 3.31. The van der Waals surface area contributed by atoms with Crippen LogP contribution in [0.25, 0.3) is 0 Å². The quantitative estimate of drug-likeness (QED) is 0.618. The van der Waals surface area contributed by atoms with Crippen LogP contribution < -0.4 is 0 Å². The van der Waals surface area contributed by atoms with Gasteiger partial charge in [-0.15, -0.1) is 0 Å². The Kier molecular flexibility index (Phi) is 5.40. The van der Waals surface area contributed by atoms with Crippen LogP contribution in [-0.4, -0.2) is 30.1 Å². The number of rotatable bonds is 5. The van der Waals surface area contributed by atoms with Gasteiger partial charge in [0.15, 0.2) is 0 Å². The van der Waals surface area contributed by atoms with Gasteiger partial charge in [0.05, 0.1) is 0 Å². The fraction of sp³-hybridized carbons (Fsp3) is 0.750. The summed E-state index contributed by atoms with van der Waals surface area (Å²) >= 11 is 0. The maximum Gasteiger partial charge on any atom is 0.531 e. The molecule has 0 heterocycles. The monoisotopic (exact) mass is 190 g/mol. The van der Waals surface area contributed by atoms with E-state index in [0.29, 0.717) is 0 Å². The van der Waals surface area contributed by atoms with Crippen LogP contribution in [0.3, 0.4) is 0 Å². The van der Waals surface area contributed by atoms with E-state index in [1.54, 1.807) is 21.3 Å². The van der Waals surface area contributed by atoms with Crippen molar-refractivity contribution in [3.63, 3.8) is 0 Å². The van der Waals surface area contributed by atoms with E-state index in [4.69, 9.17) is 13.3 Å². The maximum atomic E-state index is 5.31. The molecule has 0 unspecified atom stereocenters. The van der Waals surface area contributed by atoms with Crippen molar-refractivity contribution in [2.24, 2.45) is 0 Å². The minimum absolute atomic E-state index is 0.901. The first-order chi connectivity index (χ1) is 5.70. The third-order valence-corrected chi connectivity index (χ3v) is 4.97. The standard InChI is InChI=1S/C8H18O3Si/c1-6-8(7-2)12(9-3,10-4)11-5/h6H,7H2,1-5H3. The lowest BCUT2D eigenvalue weighted by Crippen LogP contribution is -2.45. The Bertz CT molecular complexity index is 144. The first kappa shape index (κ1) is 11.8. The molecule has 12 heavy (non-hydrogen) atoms. The molecule has 72 valence electrons. The van der Waals surface area contributed by atoms with Crippen LogP contribution in [0, 0.1) is 0 Å². The molecule has 0 aromatic rings. The molecule has 3 nitrogen and oxygen atoms in total. The van der Waals surface area contributed by atoms with Gasteiger partial charge in [0.2, 0.25) is 0 Å². The number of hydrogen-bond acceptors (Lipinski definition) is 3. The van der Waals surface area contributed by atoms with Crippen molar-refractivity contribution in [1.29, 1.82) is 0 Å². The maximum absolute atomic E-state index is 5.31. The van der Waals surface area contributed by atoms with Gasteiger partial charge in [-0.1, -0.05) is 13.0 Å².